The maximum Gasteiger partial charge on any atom is 0.128 e. The van der Waals surface area contributed by atoms with Crippen LogP contribution in [0.4, 0.5) is 8.78 Å². The van der Waals surface area contributed by atoms with E-state index in [-0.39, 0.29) is 11.6 Å². The van der Waals surface area contributed by atoms with Crippen molar-refractivity contribution >= 4 is 0 Å². The van der Waals surface area contributed by atoms with Crippen molar-refractivity contribution in [3.63, 3.8) is 0 Å². The van der Waals surface area contributed by atoms with Crippen LogP contribution in [-0.2, 0) is 0 Å². The number of rotatable bonds is 5. The van der Waals surface area contributed by atoms with Gasteiger partial charge in [-0.15, -0.1) is 0 Å². The van der Waals surface area contributed by atoms with Gasteiger partial charge in [0.25, 0.3) is 0 Å². The van der Waals surface area contributed by atoms with E-state index >= 15 is 0 Å². The SMILES string of the molecule is CCNC(c1cc(C)ccc1F)c1cc(F)ccc1OC. The minimum atomic E-state index is -0.458. The average Bonchev–Trinajstić information content (AvgIpc) is 2.47. The third-order valence-corrected chi connectivity index (χ3v) is 3.37. The van der Waals surface area contributed by atoms with Gasteiger partial charge in [0, 0.05) is 11.1 Å². The van der Waals surface area contributed by atoms with E-state index < -0.39 is 6.04 Å². The highest BCUT2D eigenvalue weighted by Gasteiger charge is 2.21. The van der Waals surface area contributed by atoms with Gasteiger partial charge >= 0.3 is 0 Å². The summed E-state index contributed by atoms with van der Waals surface area (Å²) in [6, 6.07) is 8.73. The molecule has 0 saturated carbocycles. The molecule has 2 rings (SSSR count). The van der Waals surface area contributed by atoms with Gasteiger partial charge in [-0.2, -0.15) is 0 Å². The van der Waals surface area contributed by atoms with Crippen LogP contribution in [0.2, 0.25) is 0 Å². The minimum Gasteiger partial charge on any atom is -0.496 e. The van der Waals surface area contributed by atoms with Crippen molar-refractivity contribution in [2.45, 2.75) is 19.9 Å². The molecular formula is C17H19F2NO. The Labute approximate surface area is 123 Å². The zero-order valence-corrected chi connectivity index (χ0v) is 12.4. The second-order valence-corrected chi connectivity index (χ2v) is 4.90. The number of methoxy groups -OCH3 is 1. The van der Waals surface area contributed by atoms with Crippen LogP contribution in [0.1, 0.15) is 29.7 Å². The molecule has 0 fully saturated rings. The quantitative estimate of drug-likeness (QED) is 0.899. The second-order valence-electron chi connectivity index (χ2n) is 4.90. The second kappa shape index (κ2) is 6.68. The zero-order valence-electron chi connectivity index (χ0n) is 12.4. The van der Waals surface area contributed by atoms with Crippen molar-refractivity contribution in [3.05, 3.63) is 64.7 Å². The largest absolute Gasteiger partial charge is 0.496 e. The fraction of sp³-hybridized carbons (Fsp3) is 0.294. The van der Waals surface area contributed by atoms with Gasteiger partial charge in [0.1, 0.15) is 17.4 Å². The monoisotopic (exact) mass is 291 g/mol. The molecule has 0 saturated heterocycles. The highest BCUT2D eigenvalue weighted by Crippen LogP contribution is 2.32. The number of hydrogen-bond acceptors (Lipinski definition) is 2. The number of hydrogen-bond donors (Lipinski definition) is 1. The Morgan fingerprint density at radius 3 is 2.52 bits per heavy atom. The molecule has 2 aromatic carbocycles. The highest BCUT2D eigenvalue weighted by molar-refractivity contribution is 5.43. The molecule has 0 aromatic heterocycles. The fourth-order valence-electron chi connectivity index (χ4n) is 2.41. The molecule has 0 radical (unpaired) electrons. The zero-order chi connectivity index (χ0) is 15.4. The van der Waals surface area contributed by atoms with Crippen LogP contribution < -0.4 is 10.1 Å². The van der Waals surface area contributed by atoms with Crippen molar-refractivity contribution in [3.8, 4) is 5.75 Å². The summed E-state index contributed by atoms with van der Waals surface area (Å²) in [4.78, 5) is 0. The standard InChI is InChI=1S/C17H19F2NO/c1-4-20-17(13-9-11(2)5-7-15(13)19)14-10-12(18)6-8-16(14)21-3/h5-10,17,20H,4H2,1-3H3. The van der Waals surface area contributed by atoms with Crippen molar-refractivity contribution in [1.82, 2.24) is 5.32 Å². The number of aryl methyl sites for hydroxylation is 1. The summed E-state index contributed by atoms with van der Waals surface area (Å²) >= 11 is 0. The number of halogens is 2. The highest BCUT2D eigenvalue weighted by atomic mass is 19.1. The number of benzene rings is 2. The molecule has 2 aromatic rings. The Balaban J connectivity index is 2.58. The first-order chi connectivity index (χ1) is 10.1. The van der Waals surface area contributed by atoms with E-state index in [1.165, 1.54) is 25.3 Å². The lowest BCUT2D eigenvalue weighted by Crippen LogP contribution is -2.23. The number of nitrogens with one attached hydrogen (secondary N) is 1. The van der Waals surface area contributed by atoms with Crippen molar-refractivity contribution in [2.24, 2.45) is 0 Å². The summed E-state index contributed by atoms with van der Waals surface area (Å²) in [6.45, 7) is 4.44. The molecule has 4 heteroatoms. The van der Waals surface area contributed by atoms with E-state index in [2.05, 4.69) is 5.32 Å². The molecule has 0 aliphatic rings. The first-order valence-corrected chi connectivity index (χ1v) is 6.89. The molecule has 0 bridgehead atoms. The lowest BCUT2D eigenvalue weighted by atomic mass is 9.95. The molecule has 0 aliphatic carbocycles. The maximum atomic E-state index is 14.2. The van der Waals surface area contributed by atoms with Gasteiger partial charge in [-0.25, -0.2) is 8.78 Å². The summed E-state index contributed by atoms with van der Waals surface area (Å²) in [5.74, 6) is -0.164. The van der Waals surface area contributed by atoms with Gasteiger partial charge in [0.15, 0.2) is 0 Å². The van der Waals surface area contributed by atoms with Crippen LogP contribution in [0.5, 0.6) is 5.75 Å². The van der Waals surface area contributed by atoms with E-state index in [9.17, 15) is 8.78 Å². The first-order valence-electron chi connectivity index (χ1n) is 6.89. The van der Waals surface area contributed by atoms with Crippen LogP contribution in [0.25, 0.3) is 0 Å². The third kappa shape index (κ3) is 3.39. The van der Waals surface area contributed by atoms with E-state index in [4.69, 9.17) is 4.74 Å². The summed E-state index contributed by atoms with van der Waals surface area (Å²) in [5.41, 5.74) is 2.02. The van der Waals surface area contributed by atoms with E-state index in [1.54, 1.807) is 18.2 Å². The topological polar surface area (TPSA) is 21.3 Å². The van der Waals surface area contributed by atoms with Gasteiger partial charge < -0.3 is 10.1 Å². The normalized spacial score (nSPS) is 12.2. The Kier molecular flexibility index (Phi) is 4.91. The summed E-state index contributed by atoms with van der Waals surface area (Å²) in [7, 11) is 1.52. The lowest BCUT2D eigenvalue weighted by molar-refractivity contribution is 0.401. The van der Waals surface area contributed by atoms with Gasteiger partial charge in [-0.3, -0.25) is 0 Å². The molecule has 0 spiro atoms. The maximum absolute atomic E-state index is 14.2. The first kappa shape index (κ1) is 15.4. The van der Waals surface area contributed by atoms with Gasteiger partial charge in [0.05, 0.1) is 13.2 Å². The smallest absolute Gasteiger partial charge is 0.128 e. The molecular weight excluding hydrogens is 272 g/mol. The molecule has 1 N–H and O–H groups in total. The predicted octanol–water partition coefficient (Wildman–Crippen LogP) is 3.98. The molecule has 0 heterocycles. The summed E-state index contributed by atoms with van der Waals surface area (Å²) in [5, 5.41) is 3.20. The Morgan fingerprint density at radius 2 is 1.86 bits per heavy atom. The van der Waals surface area contributed by atoms with Crippen LogP contribution in [0, 0.1) is 18.6 Å². The molecule has 0 amide bonds. The average molecular weight is 291 g/mol. The minimum absolute atomic E-state index is 0.321. The van der Waals surface area contributed by atoms with Crippen molar-refractivity contribution in [2.75, 3.05) is 13.7 Å². The fourth-order valence-corrected chi connectivity index (χ4v) is 2.41. The lowest BCUT2D eigenvalue weighted by Gasteiger charge is -2.22. The molecule has 1 atom stereocenters. The van der Waals surface area contributed by atoms with E-state index in [1.807, 2.05) is 13.8 Å². The van der Waals surface area contributed by atoms with E-state index in [0.717, 1.165) is 5.56 Å². The van der Waals surface area contributed by atoms with Gasteiger partial charge in [-0.1, -0.05) is 24.6 Å². The van der Waals surface area contributed by atoms with Crippen LogP contribution >= 0.6 is 0 Å². The van der Waals surface area contributed by atoms with Crippen LogP contribution in [0.15, 0.2) is 36.4 Å². The van der Waals surface area contributed by atoms with Crippen molar-refractivity contribution in [1.29, 1.82) is 0 Å². The van der Waals surface area contributed by atoms with Gasteiger partial charge in [0.2, 0.25) is 0 Å². The molecule has 112 valence electrons. The third-order valence-electron chi connectivity index (χ3n) is 3.37. The van der Waals surface area contributed by atoms with Crippen LogP contribution in [0.3, 0.4) is 0 Å². The Hall–Kier alpha value is -1.94. The van der Waals surface area contributed by atoms with Gasteiger partial charge in [-0.05, 0) is 37.7 Å². The predicted molar refractivity (Wildman–Crippen MR) is 79.6 cm³/mol. The molecule has 2 nitrogen and oxygen atoms in total. The Bertz CT molecular complexity index is 628. The van der Waals surface area contributed by atoms with Crippen molar-refractivity contribution < 1.29 is 13.5 Å². The Morgan fingerprint density at radius 1 is 1.10 bits per heavy atom. The molecule has 1 unspecified atom stereocenters. The van der Waals surface area contributed by atoms with Crippen LogP contribution in [-0.4, -0.2) is 13.7 Å². The molecule has 0 aliphatic heterocycles. The summed E-state index contributed by atoms with van der Waals surface area (Å²) < 4.78 is 33.1. The summed E-state index contributed by atoms with van der Waals surface area (Å²) in [6.07, 6.45) is 0. The van der Waals surface area contributed by atoms with E-state index in [0.29, 0.717) is 23.4 Å². The number of ether oxygens (including phenoxy) is 1. The molecule has 21 heavy (non-hydrogen) atoms.